The monoisotopic (exact) mass is 864 g/mol. The Bertz CT molecular complexity index is 1050. The largest absolute Gasteiger partial charge is 0.394 e. The molecule has 0 aromatic heterocycles. The van der Waals surface area contributed by atoms with Crippen LogP contribution in [0, 0.1) is 0 Å². The molecule has 1 saturated heterocycles. The van der Waals surface area contributed by atoms with Crippen molar-refractivity contribution < 1.29 is 39.8 Å². The quantitative estimate of drug-likeness (QED) is 0.0262. The normalized spacial score (nSPS) is 20.7. The van der Waals surface area contributed by atoms with Gasteiger partial charge in [0.05, 0.1) is 25.4 Å². The number of hydrogen-bond acceptors (Lipinski definition) is 8. The summed E-state index contributed by atoms with van der Waals surface area (Å²) in [6, 6.07) is -0.802. The molecule has 0 saturated carbocycles. The van der Waals surface area contributed by atoms with Crippen molar-refractivity contribution >= 4 is 5.91 Å². The summed E-state index contributed by atoms with van der Waals surface area (Å²) in [7, 11) is 0. The molecule has 0 bridgehead atoms. The molecule has 9 nitrogen and oxygen atoms in total. The topological polar surface area (TPSA) is 149 Å². The Morgan fingerprint density at radius 3 is 1.41 bits per heavy atom. The third-order valence-corrected chi connectivity index (χ3v) is 12.2. The van der Waals surface area contributed by atoms with Gasteiger partial charge in [0.25, 0.3) is 0 Å². The van der Waals surface area contributed by atoms with E-state index >= 15 is 0 Å². The van der Waals surface area contributed by atoms with E-state index in [4.69, 9.17) is 9.47 Å². The molecule has 0 radical (unpaired) electrons. The van der Waals surface area contributed by atoms with Gasteiger partial charge in [0, 0.05) is 6.42 Å². The predicted molar refractivity (Wildman–Crippen MR) is 253 cm³/mol. The molecule has 1 heterocycles. The summed E-state index contributed by atoms with van der Waals surface area (Å²) in [5.41, 5.74) is 0. The van der Waals surface area contributed by atoms with Crippen LogP contribution in [0.3, 0.4) is 0 Å². The lowest BCUT2D eigenvalue weighted by atomic mass is 9.99. The van der Waals surface area contributed by atoms with Gasteiger partial charge >= 0.3 is 0 Å². The van der Waals surface area contributed by atoms with Crippen LogP contribution in [0.5, 0.6) is 0 Å². The lowest BCUT2D eigenvalue weighted by molar-refractivity contribution is -0.302. The molecule has 1 fully saturated rings. The summed E-state index contributed by atoms with van der Waals surface area (Å²) < 4.78 is 11.2. The number of carbonyl (C=O) groups excluding carboxylic acids is 1. The van der Waals surface area contributed by atoms with Crippen molar-refractivity contribution in [2.75, 3.05) is 13.2 Å². The first-order valence-corrected chi connectivity index (χ1v) is 25.7. The van der Waals surface area contributed by atoms with Crippen LogP contribution in [0.4, 0.5) is 0 Å². The summed E-state index contributed by atoms with van der Waals surface area (Å²) in [6.45, 7) is 3.75. The molecule has 1 amide bonds. The minimum atomic E-state index is -1.56. The molecule has 61 heavy (non-hydrogen) atoms. The Labute approximate surface area is 374 Å². The number of nitrogens with one attached hydrogen (secondary N) is 1. The number of aliphatic hydroxyl groups excluding tert-OH is 5. The SMILES string of the molecule is CCCCCCC/C=C\C/C=C\CCCCCCCCCCCCCCCCCC(=O)NC(COC1OC(CO)C(O)C(O)C1O)C(O)/C=C/CCCCCCCCCCC. The van der Waals surface area contributed by atoms with Gasteiger partial charge in [-0.05, 0) is 51.4 Å². The highest BCUT2D eigenvalue weighted by Gasteiger charge is 2.44. The summed E-state index contributed by atoms with van der Waals surface area (Å²) >= 11 is 0. The molecule has 1 aliphatic heterocycles. The molecule has 1 rings (SSSR count). The van der Waals surface area contributed by atoms with Crippen LogP contribution in [0.1, 0.15) is 232 Å². The van der Waals surface area contributed by atoms with Crippen LogP contribution >= 0.6 is 0 Å². The van der Waals surface area contributed by atoms with E-state index in [1.807, 2.05) is 6.08 Å². The van der Waals surface area contributed by atoms with Gasteiger partial charge in [0.1, 0.15) is 24.4 Å². The Morgan fingerprint density at radius 2 is 0.967 bits per heavy atom. The number of amides is 1. The second-order valence-electron chi connectivity index (χ2n) is 18.0. The number of hydrogen-bond donors (Lipinski definition) is 6. The maximum absolute atomic E-state index is 13.0. The molecule has 0 aromatic carbocycles. The van der Waals surface area contributed by atoms with Crippen molar-refractivity contribution in [1.29, 1.82) is 0 Å². The van der Waals surface area contributed by atoms with Gasteiger partial charge in [0.15, 0.2) is 6.29 Å². The zero-order chi connectivity index (χ0) is 44.4. The third-order valence-electron chi connectivity index (χ3n) is 12.2. The number of allylic oxidation sites excluding steroid dienone is 5. The Hall–Kier alpha value is -1.59. The highest BCUT2D eigenvalue weighted by atomic mass is 16.7. The number of rotatable bonds is 43. The van der Waals surface area contributed by atoms with Gasteiger partial charge in [0.2, 0.25) is 5.91 Å². The zero-order valence-corrected chi connectivity index (χ0v) is 39.4. The standard InChI is InChI=1S/C52H97NO8/c1-3-5-7-9-11-13-15-16-17-18-19-20-21-22-23-24-25-26-27-28-29-30-32-34-36-38-40-42-48(56)53-45(44-60-52-51(59)50(58)49(57)47(43-54)61-52)46(55)41-39-37-35-33-31-14-12-10-8-6-4-2/h15-16,18-19,39,41,45-47,49-52,54-55,57-59H,3-14,17,20-38,40,42-44H2,1-2H3,(H,53,56)/b16-15-,19-18-,41-39+. The van der Waals surface area contributed by atoms with Gasteiger partial charge in [-0.3, -0.25) is 4.79 Å². The molecule has 358 valence electrons. The first kappa shape index (κ1) is 57.4. The first-order valence-electron chi connectivity index (χ1n) is 25.7. The summed E-state index contributed by atoms with van der Waals surface area (Å²) in [4.78, 5) is 13.0. The van der Waals surface area contributed by atoms with Crippen LogP contribution in [0.25, 0.3) is 0 Å². The van der Waals surface area contributed by atoms with E-state index < -0.39 is 49.5 Å². The van der Waals surface area contributed by atoms with Gasteiger partial charge in [-0.2, -0.15) is 0 Å². The van der Waals surface area contributed by atoms with Crippen molar-refractivity contribution in [1.82, 2.24) is 5.32 Å². The maximum Gasteiger partial charge on any atom is 0.220 e. The molecule has 6 N–H and O–H groups in total. The highest BCUT2D eigenvalue weighted by Crippen LogP contribution is 2.23. The van der Waals surface area contributed by atoms with E-state index in [9.17, 15) is 30.3 Å². The smallest absolute Gasteiger partial charge is 0.220 e. The molecular weight excluding hydrogens is 767 g/mol. The van der Waals surface area contributed by atoms with Gasteiger partial charge in [-0.15, -0.1) is 0 Å². The summed E-state index contributed by atoms with van der Waals surface area (Å²) in [5, 5.41) is 54.2. The van der Waals surface area contributed by atoms with E-state index in [2.05, 4.69) is 43.5 Å². The molecule has 0 aliphatic carbocycles. The Kier molecular flexibility index (Phi) is 39.9. The zero-order valence-electron chi connectivity index (χ0n) is 39.4. The van der Waals surface area contributed by atoms with Gasteiger partial charge in [-0.25, -0.2) is 0 Å². The average molecular weight is 864 g/mol. The molecule has 0 spiro atoms. The fourth-order valence-corrected chi connectivity index (χ4v) is 8.07. The molecule has 0 aromatic rings. The molecule has 1 aliphatic rings. The van der Waals surface area contributed by atoms with Crippen molar-refractivity contribution in [2.24, 2.45) is 0 Å². The fourth-order valence-electron chi connectivity index (χ4n) is 8.07. The van der Waals surface area contributed by atoms with Crippen molar-refractivity contribution in [2.45, 2.75) is 275 Å². The van der Waals surface area contributed by atoms with Gasteiger partial charge < -0.3 is 40.3 Å². The van der Waals surface area contributed by atoms with Crippen LogP contribution in [0.2, 0.25) is 0 Å². The number of unbranched alkanes of at least 4 members (excludes halogenated alkanes) is 29. The summed E-state index contributed by atoms with van der Waals surface area (Å²) in [6.07, 6.45) is 46.3. The van der Waals surface area contributed by atoms with Crippen LogP contribution in [0.15, 0.2) is 36.5 Å². The molecule has 7 unspecified atom stereocenters. The maximum atomic E-state index is 13.0. The lowest BCUT2D eigenvalue weighted by Crippen LogP contribution is -2.60. The molecular formula is C52H97NO8. The molecule has 7 atom stereocenters. The second-order valence-corrected chi connectivity index (χ2v) is 18.0. The number of ether oxygens (including phenoxy) is 2. The minimum Gasteiger partial charge on any atom is -0.394 e. The highest BCUT2D eigenvalue weighted by molar-refractivity contribution is 5.76. The summed E-state index contributed by atoms with van der Waals surface area (Å²) in [5.74, 6) is -0.177. The van der Waals surface area contributed by atoms with E-state index in [1.165, 1.54) is 167 Å². The van der Waals surface area contributed by atoms with Crippen molar-refractivity contribution in [3.63, 3.8) is 0 Å². The molecule has 9 heteroatoms. The predicted octanol–water partition coefficient (Wildman–Crippen LogP) is 11.6. The van der Waals surface area contributed by atoms with Crippen LogP contribution in [-0.2, 0) is 14.3 Å². The Balaban J connectivity index is 2.19. The average Bonchev–Trinajstić information content (AvgIpc) is 3.26. The van der Waals surface area contributed by atoms with E-state index in [-0.39, 0.29) is 12.5 Å². The fraction of sp³-hybridized carbons (Fsp3) is 0.865. The third kappa shape index (κ3) is 32.7. The van der Waals surface area contributed by atoms with Crippen LogP contribution in [-0.4, -0.2) is 87.5 Å². The van der Waals surface area contributed by atoms with Gasteiger partial charge in [-0.1, -0.05) is 211 Å². The van der Waals surface area contributed by atoms with E-state index in [0.29, 0.717) is 6.42 Å². The van der Waals surface area contributed by atoms with E-state index in [0.717, 1.165) is 44.9 Å². The Morgan fingerprint density at radius 1 is 0.557 bits per heavy atom. The van der Waals surface area contributed by atoms with Crippen molar-refractivity contribution in [3.8, 4) is 0 Å². The lowest BCUT2D eigenvalue weighted by Gasteiger charge is -2.40. The number of carbonyl (C=O) groups is 1. The first-order chi connectivity index (χ1) is 29.8. The van der Waals surface area contributed by atoms with E-state index in [1.54, 1.807) is 6.08 Å². The van der Waals surface area contributed by atoms with Crippen molar-refractivity contribution in [3.05, 3.63) is 36.5 Å². The van der Waals surface area contributed by atoms with Crippen LogP contribution < -0.4 is 5.32 Å². The number of aliphatic hydroxyl groups is 5. The second kappa shape index (κ2) is 42.4. The minimum absolute atomic E-state index is 0.177.